The lowest BCUT2D eigenvalue weighted by Gasteiger charge is -2.13. The molecule has 36 heavy (non-hydrogen) atoms. The van der Waals surface area contributed by atoms with Crippen molar-refractivity contribution in [3.8, 4) is 34.5 Å². The molecule has 5 rings (SSSR count). The van der Waals surface area contributed by atoms with Gasteiger partial charge in [-0.25, -0.2) is 0 Å². The van der Waals surface area contributed by atoms with E-state index in [0.29, 0.717) is 27.7 Å². The molecule has 0 radical (unpaired) electrons. The van der Waals surface area contributed by atoms with E-state index in [4.69, 9.17) is 21.1 Å². The van der Waals surface area contributed by atoms with Gasteiger partial charge in [-0.1, -0.05) is 11.6 Å². The second-order valence-electron chi connectivity index (χ2n) is 8.20. The fourth-order valence-corrected chi connectivity index (χ4v) is 4.14. The summed E-state index contributed by atoms with van der Waals surface area (Å²) in [6.07, 6.45) is -4.38. The highest BCUT2D eigenvalue weighted by atomic mass is 35.5. The lowest BCUT2D eigenvalue weighted by Crippen LogP contribution is -2.05. The first-order valence-electron chi connectivity index (χ1n) is 10.9. The Bertz CT molecular complexity index is 1500. The lowest BCUT2D eigenvalue weighted by molar-refractivity contribution is -0.137. The third-order valence-electron chi connectivity index (χ3n) is 5.32. The van der Waals surface area contributed by atoms with Crippen molar-refractivity contribution in [2.45, 2.75) is 26.1 Å². The number of nitrogens with one attached hydrogen (secondary N) is 1. The van der Waals surface area contributed by atoms with Crippen LogP contribution in [-0.2, 0) is 6.18 Å². The smallest absolute Gasteiger partial charge is 0.416 e. The van der Waals surface area contributed by atoms with Gasteiger partial charge in [0.2, 0.25) is 5.82 Å². The molecule has 0 saturated heterocycles. The van der Waals surface area contributed by atoms with E-state index in [9.17, 15) is 13.2 Å². The minimum atomic E-state index is -4.42. The molecule has 2 heterocycles. The fourth-order valence-electron chi connectivity index (χ4n) is 3.82. The van der Waals surface area contributed by atoms with E-state index < -0.39 is 11.7 Å². The molecule has 0 atom stereocenters. The van der Waals surface area contributed by atoms with Gasteiger partial charge in [0, 0.05) is 11.1 Å². The summed E-state index contributed by atoms with van der Waals surface area (Å²) in [6.45, 7) is 3.90. The monoisotopic (exact) mass is 513 g/mol. The Morgan fingerprint density at radius 2 is 1.58 bits per heavy atom. The molecule has 0 aliphatic heterocycles. The number of hydrogen-bond acceptors (Lipinski definition) is 5. The average molecular weight is 514 g/mol. The summed E-state index contributed by atoms with van der Waals surface area (Å²) < 4.78 is 52.0. The molecule has 0 aliphatic rings. The van der Waals surface area contributed by atoms with E-state index in [0.717, 1.165) is 29.1 Å². The number of tetrazole rings is 1. The SMILES string of the molecule is CC(C)Oc1ccc(-n2c(-c3nn[nH]n3)c(Cl)c3cc(Oc4ccc(C(F)(F)F)cc4)ccc32)cc1. The van der Waals surface area contributed by atoms with E-state index in [1.165, 1.54) is 12.1 Å². The van der Waals surface area contributed by atoms with Crippen molar-refractivity contribution in [2.24, 2.45) is 0 Å². The van der Waals surface area contributed by atoms with Crippen molar-refractivity contribution in [2.75, 3.05) is 0 Å². The molecule has 1 N–H and O–H groups in total. The van der Waals surface area contributed by atoms with Gasteiger partial charge in [0.05, 0.1) is 22.2 Å². The highest BCUT2D eigenvalue weighted by Crippen LogP contribution is 2.41. The number of aromatic nitrogens is 5. The molecule has 11 heteroatoms. The topological polar surface area (TPSA) is 77.9 Å². The van der Waals surface area contributed by atoms with Crippen molar-refractivity contribution in [3.05, 3.63) is 77.3 Å². The lowest BCUT2D eigenvalue weighted by atomic mass is 10.2. The molecule has 184 valence electrons. The van der Waals surface area contributed by atoms with Crippen LogP contribution in [0, 0.1) is 0 Å². The Morgan fingerprint density at radius 1 is 0.917 bits per heavy atom. The van der Waals surface area contributed by atoms with Gasteiger partial charge in [-0.15, -0.1) is 10.2 Å². The van der Waals surface area contributed by atoms with E-state index in [1.807, 2.05) is 48.7 Å². The maximum atomic E-state index is 12.9. The molecule has 0 bridgehead atoms. The Kier molecular flexibility index (Phi) is 6.05. The van der Waals surface area contributed by atoms with Crippen LogP contribution in [0.3, 0.4) is 0 Å². The van der Waals surface area contributed by atoms with Crippen LogP contribution in [0.1, 0.15) is 19.4 Å². The molecule has 0 unspecified atom stereocenters. The zero-order valence-electron chi connectivity index (χ0n) is 19.0. The number of H-pyrrole nitrogens is 1. The third-order valence-corrected chi connectivity index (χ3v) is 5.70. The average Bonchev–Trinajstić information content (AvgIpc) is 3.46. The Hall–Kier alpha value is -4.05. The summed E-state index contributed by atoms with van der Waals surface area (Å²) >= 11 is 6.80. The van der Waals surface area contributed by atoms with Gasteiger partial charge in [0.25, 0.3) is 0 Å². The fraction of sp³-hybridized carbons (Fsp3) is 0.160. The maximum Gasteiger partial charge on any atom is 0.416 e. The zero-order valence-corrected chi connectivity index (χ0v) is 19.8. The molecule has 2 aromatic heterocycles. The van der Waals surface area contributed by atoms with E-state index in [-0.39, 0.29) is 11.9 Å². The molecule has 0 saturated carbocycles. The van der Waals surface area contributed by atoms with Crippen LogP contribution in [-0.4, -0.2) is 31.3 Å². The molecule has 3 aromatic carbocycles. The number of fused-ring (bicyclic) bond motifs is 1. The normalized spacial score (nSPS) is 11.9. The summed E-state index contributed by atoms with van der Waals surface area (Å²) in [7, 11) is 0. The summed E-state index contributed by atoms with van der Waals surface area (Å²) in [4.78, 5) is 0. The number of alkyl halides is 3. The number of rotatable bonds is 6. The van der Waals surface area contributed by atoms with E-state index in [2.05, 4.69) is 20.6 Å². The van der Waals surface area contributed by atoms with E-state index >= 15 is 0 Å². The molecule has 5 aromatic rings. The zero-order chi connectivity index (χ0) is 25.4. The quantitative estimate of drug-likeness (QED) is 0.263. The number of aromatic amines is 1. The van der Waals surface area contributed by atoms with Crippen LogP contribution in [0.15, 0.2) is 66.7 Å². The standard InChI is InChI=1S/C25H19ClF3N5O2/c1-14(2)35-17-9-5-16(6-10-17)34-21-12-11-19(36-18-7-3-15(4-8-18)25(27,28)29)13-20(21)22(26)23(34)24-30-32-33-31-24/h3-14H,1-2H3,(H,30,31,32,33). The predicted octanol–water partition coefficient (Wildman–Crippen LogP) is 7.06. The van der Waals surface area contributed by atoms with E-state index in [1.54, 1.807) is 12.1 Å². The van der Waals surface area contributed by atoms with Gasteiger partial charge in [-0.05, 0) is 85.8 Å². The molecule has 0 aliphatic carbocycles. The van der Waals surface area contributed by atoms with Crippen LogP contribution in [0.5, 0.6) is 17.2 Å². The summed E-state index contributed by atoms with van der Waals surface area (Å²) in [5.41, 5.74) is 1.31. The number of ether oxygens (including phenoxy) is 2. The van der Waals surface area contributed by atoms with Crippen molar-refractivity contribution < 1.29 is 22.6 Å². The predicted molar refractivity (Wildman–Crippen MR) is 129 cm³/mol. The number of halogens is 4. The van der Waals surface area contributed by atoms with Gasteiger partial charge in [-0.3, -0.25) is 0 Å². The van der Waals surface area contributed by atoms with Gasteiger partial charge >= 0.3 is 6.18 Å². The molecule has 0 amide bonds. The van der Waals surface area contributed by atoms with Gasteiger partial charge in [-0.2, -0.15) is 18.4 Å². The van der Waals surface area contributed by atoms with Crippen LogP contribution in [0.2, 0.25) is 5.02 Å². The number of nitrogens with zero attached hydrogens (tertiary/aromatic N) is 4. The Balaban J connectivity index is 1.56. The second kappa shape index (κ2) is 9.19. The first-order valence-corrected chi connectivity index (χ1v) is 11.3. The first kappa shape index (κ1) is 23.7. The van der Waals surface area contributed by atoms with Crippen LogP contribution >= 0.6 is 11.6 Å². The highest BCUT2D eigenvalue weighted by molar-refractivity contribution is 6.38. The Labute approximate surface area is 208 Å². The molecule has 0 fully saturated rings. The second-order valence-corrected chi connectivity index (χ2v) is 8.58. The van der Waals surface area contributed by atoms with Crippen molar-refractivity contribution in [1.29, 1.82) is 0 Å². The van der Waals surface area contributed by atoms with Crippen molar-refractivity contribution in [3.63, 3.8) is 0 Å². The summed E-state index contributed by atoms with van der Waals surface area (Å²) in [6, 6.07) is 17.2. The number of hydrogen-bond donors (Lipinski definition) is 1. The van der Waals surface area contributed by atoms with Gasteiger partial charge in [0.15, 0.2) is 0 Å². The van der Waals surface area contributed by atoms with Gasteiger partial charge < -0.3 is 14.0 Å². The highest BCUT2D eigenvalue weighted by Gasteiger charge is 2.30. The van der Waals surface area contributed by atoms with Gasteiger partial charge in [0.1, 0.15) is 22.9 Å². The van der Waals surface area contributed by atoms with Crippen molar-refractivity contribution >= 4 is 22.5 Å². The minimum Gasteiger partial charge on any atom is -0.491 e. The third kappa shape index (κ3) is 4.59. The van der Waals surface area contributed by atoms with Crippen LogP contribution in [0.25, 0.3) is 28.1 Å². The van der Waals surface area contributed by atoms with Crippen LogP contribution < -0.4 is 9.47 Å². The number of benzene rings is 3. The Morgan fingerprint density at radius 3 is 2.19 bits per heavy atom. The molecule has 0 spiro atoms. The summed E-state index contributed by atoms with van der Waals surface area (Å²) in [5, 5.41) is 15.3. The van der Waals surface area contributed by atoms with Crippen LogP contribution in [0.4, 0.5) is 13.2 Å². The van der Waals surface area contributed by atoms with Crippen molar-refractivity contribution in [1.82, 2.24) is 25.2 Å². The molecular formula is C25H19ClF3N5O2. The molecule has 7 nitrogen and oxygen atoms in total. The first-order chi connectivity index (χ1) is 17.2. The largest absolute Gasteiger partial charge is 0.491 e. The summed E-state index contributed by atoms with van der Waals surface area (Å²) in [5.74, 6) is 1.69. The molecular weight excluding hydrogens is 495 g/mol. The minimum absolute atomic E-state index is 0.0377. The maximum absolute atomic E-state index is 12.9.